The second-order valence-corrected chi connectivity index (χ2v) is 8.84. The normalized spacial score (nSPS) is 14.0. The first-order chi connectivity index (χ1) is 17.1. The Morgan fingerprint density at radius 3 is 2.29 bits per heavy atom. The lowest BCUT2D eigenvalue weighted by Gasteiger charge is -2.37. The van der Waals surface area contributed by atoms with Gasteiger partial charge in [-0.25, -0.2) is 9.37 Å². The van der Waals surface area contributed by atoms with Crippen molar-refractivity contribution in [1.29, 1.82) is 0 Å². The smallest absolute Gasteiger partial charge is 0.130 e. The molecule has 35 heavy (non-hydrogen) atoms. The van der Waals surface area contributed by atoms with E-state index < -0.39 is 0 Å². The van der Waals surface area contributed by atoms with Gasteiger partial charge in [0, 0.05) is 55.9 Å². The van der Waals surface area contributed by atoms with Crippen molar-refractivity contribution in [2.24, 2.45) is 0 Å². The zero-order chi connectivity index (χ0) is 24.0. The average molecular weight is 465 g/mol. The minimum Gasteiger partial charge on any atom is -0.369 e. The number of nitrogens with one attached hydrogen (secondary N) is 1. The summed E-state index contributed by atoms with van der Waals surface area (Å²) in [6, 6.07) is 29.5. The molecule has 1 aliphatic heterocycles. The summed E-state index contributed by atoms with van der Waals surface area (Å²) in [5.41, 5.74) is 6.52. The van der Waals surface area contributed by atoms with Crippen LogP contribution in [0.5, 0.6) is 0 Å². The number of nitrogens with zero attached hydrogens (tertiary/aromatic N) is 3. The van der Waals surface area contributed by atoms with Crippen molar-refractivity contribution in [2.75, 3.05) is 31.5 Å². The van der Waals surface area contributed by atoms with Gasteiger partial charge in [-0.1, -0.05) is 61.2 Å². The van der Waals surface area contributed by atoms with Crippen LogP contribution in [0.15, 0.2) is 104 Å². The van der Waals surface area contributed by atoms with Gasteiger partial charge in [-0.2, -0.15) is 0 Å². The predicted molar refractivity (Wildman–Crippen MR) is 142 cm³/mol. The van der Waals surface area contributed by atoms with Crippen LogP contribution in [0.4, 0.5) is 15.9 Å². The maximum atomic E-state index is 13.1. The largest absolute Gasteiger partial charge is 0.369 e. The average Bonchev–Trinajstić information content (AvgIpc) is 2.91. The molecule has 5 rings (SSSR count). The highest BCUT2D eigenvalue weighted by molar-refractivity contribution is 5.70. The number of benzene rings is 3. The topological polar surface area (TPSA) is 31.4 Å². The molecule has 0 amide bonds. The Balaban J connectivity index is 1.16. The van der Waals surface area contributed by atoms with E-state index >= 15 is 0 Å². The van der Waals surface area contributed by atoms with Gasteiger partial charge in [0.15, 0.2) is 0 Å². The maximum absolute atomic E-state index is 13.1. The number of hydrogen-bond acceptors (Lipinski definition) is 4. The van der Waals surface area contributed by atoms with E-state index in [1.807, 2.05) is 48.7 Å². The molecule has 5 heteroatoms. The summed E-state index contributed by atoms with van der Waals surface area (Å²) in [6.45, 7) is 8.88. The van der Waals surface area contributed by atoms with Crippen LogP contribution in [-0.4, -0.2) is 41.0 Å². The molecule has 1 N–H and O–H groups in total. The molecule has 0 atom stereocenters. The number of piperazine rings is 1. The Hall–Kier alpha value is -3.96. The third kappa shape index (κ3) is 5.76. The van der Waals surface area contributed by atoms with Crippen LogP contribution < -0.4 is 5.32 Å². The second-order valence-electron chi connectivity index (χ2n) is 8.84. The minimum atomic E-state index is -0.189. The lowest BCUT2D eigenvalue weighted by Crippen LogP contribution is -2.44. The quantitative estimate of drug-likeness (QED) is 0.342. The van der Waals surface area contributed by atoms with Crippen LogP contribution in [0.1, 0.15) is 11.1 Å². The van der Waals surface area contributed by atoms with Crippen LogP contribution in [0.2, 0.25) is 0 Å². The Morgan fingerprint density at radius 1 is 0.829 bits per heavy atom. The molecule has 176 valence electrons. The molecule has 0 saturated carbocycles. The van der Waals surface area contributed by atoms with E-state index in [9.17, 15) is 4.39 Å². The van der Waals surface area contributed by atoms with E-state index in [1.165, 1.54) is 23.3 Å². The fourth-order valence-electron chi connectivity index (χ4n) is 4.40. The molecule has 1 aromatic heterocycles. The van der Waals surface area contributed by atoms with Crippen molar-refractivity contribution in [2.45, 2.75) is 6.54 Å². The Kier molecular flexibility index (Phi) is 6.87. The van der Waals surface area contributed by atoms with Gasteiger partial charge in [0.05, 0.1) is 0 Å². The Morgan fingerprint density at radius 2 is 1.57 bits per heavy atom. The van der Waals surface area contributed by atoms with E-state index in [-0.39, 0.29) is 5.82 Å². The van der Waals surface area contributed by atoms with Crippen molar-refractivity contribution >= 4 is 17.2 Å². The standard InChI is InChI=1S/C30H29FN4/c1-23(35-18-16-34(17-19-35)22-24-10-13-28(31)14-11-24)27-12-15-30(32-21-27)33-29-9-5-8-26(20-29)25-6-3-2-4-7-25/h2-15,20-21H,1,16-19,22H2,(H,32,33). The summed E-state index contributed by atoms with van der Waals surface area (Å²) in [7, 11) is 0. The number of halogens is 1. The van der Waals surface area contributed by atoms with Gasteiger partial charge in [-0.05, 0) is 53.1 Å². The molecule has 0 radical (unpaired) electrons. The summed E-state index contributed by atoms with van der Waals surface area (Å²) in [5, 5.41) is 3.41. The Labute approximate surface area is 206 Å². The molecule has 1 fully saturated rings. The molecule has 2 heterocycles. The van der Waals surface area contributed by atoms with Gasteiger partial charge < -0.3 is 10.2 Å². The minimum absolute atomic E-state index is 0.189. The summed E-state index contributed by atoms with van der Waals surface area (Å²) in [6.07, 6.45) is 1.89. The molecule has 1 saturated heterocycles. The SMILES string of the molecule is C=C(c1ccc(Nc2cccc(-c3ccccc3)c2)nc1)N1CCN(Cc2ccc(F)cc2)CC1. The molecule has 0 unspecified atom stereocenters. The van der Waals surface area contributed by atoms with E-state index in [4.69, 9.17) is 0 Å². The summed E-state index contributed by atoms with van der Waals surface area (Å²) in [5.74, 6) is 0.612. The van der Waals surface area contributed by atoms with Crippen molar-refractivity contribution in [3.63, 3.8) is 0 Å². The number of hydrogen-bond donors (Lipinski definition) is 1. The van der Waals surface area contributed by atoms with Crippen molar-refractivity contribution in [1.82, 2.24) is 14.8 Å². The first-order valence-corrected chi connectivity index (χ1v) is 11.9. The van der Waals surface area contributed by atoms with Gasteiger partial charge in [-0.15, -0.1) is 0 Å². The zero-order valence-electron chi connectivity index (χ0n) is 19.7. The molecule has 0 bridgehead atoms. The third-order valence-electron chi connectivity index (χ3n) is 6.41. The molecule has 1 aliphatic rings. The molecular weight excluding hydrogens is 435 g/mol. The molecule has 0 aliphatic carbocycles. The lowest BCUT2D eigenvalue weighted by atomic mass is 10.1. The summed E-state index contributed by atoms with van der Waals surface area (Å²) in [4.78, 5) is 9.34. The first-order valence-electron chi connectivity index (χ1n) is 11.9. The molecule has 3 aromatic carbocycles. The second kappa shape index (κ2) is 10.5. The van der Waals surface area contributed by atoms with E-state index in [0.717, 1.165) is 61.1 Å². The lowest BCUT2D eigenvalue weighted by molar-refractivity contribution is 0.169. The predicted octanol–water partition coefficient (Wildman–Crippen LogP) is 6.42. The van der Waals surface area contributed by atoms with Gasteiger partial charge in [-0.3, -0.25) is 4.90 Å². The zero-order valence-corrected chi connectivity index (χ0v) is 19.7. The summed E-state index contributed by atoms with van der Waals surface area (Å²) < 4.78 is 13.1. The van der Waals surface area contributed by atoms with Crippen LogP contribution in [0.25, 0.3) is 16.8 Å². The first kappa shape index (κ1) is 22.8. The number of aromatic nitrogens is 1. The van der Waals surface area contributed by atoms with E-state index in [2.05, 4.69) is 63.1 Å². The molecular formula is C30H29FN4. The highest BCUT2D eigenvalue weighted by Crippen LogP contribution is 2.25. The highest BCUT2D eigenvalue weighted by atomic mass is 19.1. The fourth-order valence-corrected chi connectivity index (χ4v) is 4.40. The maximum Gasteiger partial charge on any atom is 0.130 e. The van der Waals surface area contributed by atoms with Crippen LogP contribution in [0.3, 0.4) is 0 Å². The number of rotatable bonds is 7. The highest BCUT2D eigenvalue weighted by Gasteiger charge is 2.19. The number of pyridine rings is 1. The summed E-state index contributed by atoms with van der Waals surface area (Å²) >= 11 is 0. The van der Waals surface area contributed by atoms with Crippen LogP contribution in [0, 0.1) is 5.82 Å². The fraction of sp³-hybridized carbons (Fsp3) is 0.167. The van der Waals surface area contributed by atoms with Gasteiger partial charge in [0.1, 0.15) is 11.6 Å². The Bertz CT molecular complexity index is 1260. The van der Waals surface area contributed by atoms with Gasteiger partial charge >= 0.3 is 0 Å². The van der Waals surface area contributed by atoms with E-state index in [1.54, 1.807) is 0 Å². The number of anilines is 2. The molecule has 4 nitrogen and oxygen atoms in total. The van der Waals surface area contributed by atoms with Crippen molar-refractivity contribution in [3.8, 4) is 11.1 Å². The molecule has 4 aromatic rings. The molecule has 0 spiro atoms. The van der Waals surface area contributed by atoms with Crippen molar-refractivity contribution < 1.29 is 4.39 Å². The van der Waals surface area contributed by atoms with Crippen LogP contribution in [-0.2, 0) is 6.54 Å². The van der Waals surface area contributed by atoms with E-state index in [0.29, 0.717) is 0 Å². The third-order valence-corrected chi connectivity index (χ3v) is 6.41. The monoisotopic (exact) mass is 464 g/mol. The van der Waals surface area contributed by atoms with Gasteiger partial charge in [0.25, 0.3) is 0 Å². The van der Waals surface area contributed by atoms with Gasteiger partial charge in [0.2, 0.25) is 0 Å². The van der Waals surface area contributed by atoms with Crippen molar-refractivity contribution in [3.05, 3.63) is 121 Å². The van der Waals surface area contributed by atoms with Crippen LogP contribution >= 0.6 is 0 Å².